The first kappa shape index (κ1) is 18.4. The summed E-state index contributed by atoms with van der Waals surface area (Å²) in [5.74, 6) is -0.734. The molecule has 3 aromatic heterocycles. The standard InChI is InChI=1S/C22H16FN5O/c23-21-11-18(7-8-26-21)19-6-1-15(12-27-19)13-28-22(29)17-4-2-16(3-5-17)20-14-24-9-10-25-20/h1-12,14H,13H2,(H,28,29). The summed E-state index contributed by atoms with van der Waals surface area (Å²) < 4.78 is 13.2. The first-order valence-corrected chi connectivity index (χ1v) is 8.90. The molecule has 29 heavy (non-hydrogen) atoms. The van der Waals surface area contributed by atoms with Crippen molar-refractivity contribution in [3.63, 3.8) is 0 Å². The molecule has 1 N–H and O–H groups in total. The maximum atomic E-state index is 13.2. The van der Waals surface area contributed by atoms with Crippen molar-refractivity contribution in [2.75, 3.05) is 0 Å². The number of amides is 1. The Balaban J connectivity index is 1.38. The van der Waals surface area contributed by atoms with E-state index in [0.717, 1.165) is 16.8 Å². The molecule has 0 unspecified atom stereocenters. The van der Waals surface area contributed by atoms with E-state index in [-0.39, 0.29) is 5.91 Å². The van der Waals surface area contributed by atoms with E-state index in [2.05, 4.69) is 25.3 Å². The molecule has 0 saturated heterocycles. The Labute approximate surface area is 166 Å². The quantitative estimate of drug-likeness (QED) is 0.530. The van der Waals surface area contributed by atoms with Gasteiger partial charge in [0.2, 0.25) is 5.95 Å². The number of benzene rings is 1. The van der Waals surface area contributed by atoms with Crippen LogP contribution < -0.4 is 5.32 Å². The summed E-state index contributed by atoms with van der Waals surface area (Å²) in [5.41, 5.74) is 4.32. The van der Waals surface area contributed by atoms with Gasteiger partial charge in [0.15, 0.2) is 0 Å². The maximum Gasteiger partial charge on any atom is 0.251 e. The minimum absolute atomic E-state index is 0.184. The molecule has 0 saturated carbocycles. The van der Waals surface area contributed by atoms with Crippen LogP contribution in [0.25, 0.3) is 22.5 Å². The SMILES string of the molecule is O=C(NCc1ccc(-c2ccnc(F)c2)nc1)c1ccc(-c2cnccn2)cc1. The topological polar surface area (TPSA) is 80.7 Å². The van der Waals surface area contributed by atoms with Crippen LogP contribution in [-0.2, 0) is 6.54 Å². The van der Waals surface area contributed by atoms with Gasteiger partial charge in [-0.2, -0.15) is 4.39 Å². The Hall–Kier alpha value is -4.00. The summed E-state index contributed by atoms with van der Waals surface area (Å²) in [6.07, 6.45) is 7.97. The molecular weight excluding hydrogens is 369 g/mol. The molecule has 6 nitrogen and oxygen atoms in total. The van der Waals surface area contributed by atoms with Crippen molar-refractivity contribution in [1.29, 1.82) is 0 Å². The Kier molecular flexibility index (Phi) is 5.29. The van der Waals surface area contributed by atoms with Crippen molar-refractivity contribution in [3.8, 4) is 22.5 Å². The van der Waals surface area contributed by atoms with Crippen LogP contribution in [0.4, 0.5) is 4.39 Å². The van der Waals surface area contributed by atoms with Crippen molar-refractivity contribution < 1.29 is 9.18 Å². The number of hydrogen-bond donors (Lipinski definition) is 1. The first-order chi connectivity index (χ1) is 14.2. The number of rotatable bonds is 5. The van der Waals surface area contributed by atoms with Gasteiger partial charge in [-0.05, 0) is 29.8 Å². The van der Waals surface area contributed by atoms with Gasteiger partial charge in [0.1, 0.15) is 0 Å². The van der Waals surface area contributed by atoms with Crippen molar-refractivity contribution in [2.24, 2.45) is 0 Å². The smallest absolute Gasteiger partial charge is 0.251 e. The number of hydrogen-bond acceptors (Lipinski definition) is 5. The van der Waals surface area contributed by atoms with Crippen molar-refractivity contribution in [2.45, 2.75) is 6.54 Å². The molecule has 4 aromatic rings. The number of halogens is 1. The van der Waals surface area contributed by atoms with Gasteiger partial charge in [-0.1, -0.05) is 18.2 Å². The van der Waals surface area contributed by atoms with Crippen LogP contribution in [0.1, 0.15) is 15.9 Å². The molecule has 7 heteroatoms. The number of carbonyl (C=O) groups is 1. The fourth-order valence-corrected chi connectivity index (χ4v) is 2.79. The molecule has 1 amide bonds. The number of pyridine rings is 2. The Morgan fingerprint density at radius 1 is 0.828 bits per heavy atom. The molecule has 0 aliphatic rings. The van der Waals surface area contributed by atoms with E-state index in [9.17, 15) is 9.18 Å². The molecule has 0 radical (unpaired) electrons. The van der Waals surface area contributed by atoms with Gasteiger partial charge in [0.25, 0.3) is 5.91 Å². The highest BCUT2D eigenvalue weighted by atomic mass is 19.1. The average molecular weight is 385 g/mol. The monoisotopic (exact) mass is 385 g/mol. The first-order valence-electron chi connectivity index (χ1n) is 8.90. The summed E-state index contributed by atoms with van der Waals surface area (Å²) in [4.78, 5) is 28.5. The maximum absolute atomic E-state index is 13.2. The zero-order valence-corrected chi connectivity index (χ0v) is 15.3. The summed E-state index contributed by atoms with van der Waals surface area (Å²) in [7, 11) is 0. The van der Waals surface area contributed by atoms with Crippen LogP contribution in [-0.4, -0.2) is 25.8 Å². The molecule has 1 aromatic carbocycles. The molecule has 0 bridgehead atoms. The molecule has 3 heterocycles. The van der Waals surface area contributed by atoms with Gasteiger partial charge in [-0.15, -0.1) is 0 Å². The van der Waals surface area contributed by atoms with E-state index in [0.29, 0.717) is 23.4 Å². The summed E-state index contributed by atoms with van der Waals surface area (Å²) in [5, 5.41) is 2.87. The van der Waals surface area contributed by atoms with E-state index in [1.54, 1.807) is 49.1 Å². The highest BCUT2D eigenvalue weighted by Crippen LogP contribution is 2.18. The fourth-order valence-electron chi connectivity index (χ4n) is 2.79. The zero-order chi connectivity index (χ0) is 20.1. The van der Waals surface area contributed by atoms with Gasteiger partial charge < -0.3 is 5.32 Å². The average Bonchev–Trinajstić information content (AvgIpc) is 2.78. The van der Waals surface area contributed by atoms with E-state index in [4.69, 9.17) is 0 Å². The van der Waals surface area contributed by atoms with Gasteiger partial charge in [-0.25, -0.2) is 4.98 Å². The zero-order valence-electron chi connectivity index (χ0n) is 15.3. The lowest BCUT2D eigenvalue weighted by Gasteiger charge is -2.07. The summed E-state index contributed by atoms with van der Waals surface area (Å²) >= 11 is 0. The predicted octanol–water partition coefficient (Wildman–Crippen LogP) is 3.67. The van der Waals surface area contributed by atoms with Crippen LogP contribution in [0.2, 0.25) is 0 Å². The molecule has 0 fully saturated rings. The Bertz CT molecular complexity index is 1120. The van der Waals surface area contributed by atoms with E-state index in [1.165, 1.54) is 12.3 Å². The number of carbonyl (C=O) groups excluding carboxylic acids is 1. The second-order valence-corrected chi connectivity index (χ2v) is 6.27. The third kappa shape index (κ3) is 4.47. The Morgan fingerprint density at radius 3 is 2.38 bits per heavy atom. The third-order valence-electron chi connectivity index (χ3n) is 4.31. The highest BCUT2D eigenvalue weighted by molar-refractivity contribution is 5.94. The van der Waals surface area contributed by atoms with Crippen molar-refractivity contribution >= 4 is 5.91 Å². The fraction of sp³-hybridized carbons (Fsp3) is 0.0455. The van der Waals surface area contributed by atoms with Crippen LogP contribution in [0, 0.1) is 5.95 Å². The molecule has 4 rings (SSSR count). The van der Waals surface area contributed by atoms with Gasteiger partial charge in [0.05, 0.1) is 17.6 Å². The minimum atomic E-state index is -0.550. The van der Waals surface area contributed by atoms with Gasteiger partial charge >= 0.3 is 0 Å². The molecule has 142 valence electrons. The molecule has 0 aliphatic carbocycles. The van der Waals surface area contributed by atoms with E-state index >= 15 is 0 Å². The minimum Gasteiger partial charge on any atom is -0.348 e. The number of nitrogens with zero attached hydrogens (tertiary/aromatic N) is 4. The lowest BCUT2D eigenvalue weighted by atomic mass is 10.1. The largest absolute Gasteiger partial charge is 0.348 e. The highest BCUT2D eigenvalue weighted by Gasteiger charge is 2.07. The summed E-state index contributed by atoms with van der Waals surface area (Å²) in [6, 6.07) is 13.8. The van der Waals surface area contributed by atoms with Crippen LogP contribution in [0.3, 0.4) is 0 Å². The normalized spacial score (nSPS) is 10.5. The van der Waals surface area contributed by atoms with Gasteiger partial charge in [-0.3, -0.25) is 19.7 Å². The number of nitrogens with one attached hydrogen (secondary N) is 1. The van der Waals surface area contributed by atoms with Crippen molar-refractivity contribution in [3.05, 3.63) is 96.6 Å². The summed E-state index contributed by atoms with van der Waals surface area (Å²) in [6.45, 7) is 0.336. The van der Waals surface area contributed by atoms with Crippen molar-refractivity contribution in [1.82, 2.24) is 25.3 Å². The van der Waals surface area contributed by atoms with Gasteiger partial charge in [0, 0.05) is 54.1 Å². The van der Waals surface area contributed by atoms with E-state index < -0.39 is 5.95 Å². The second kappa shape index (κ2) is 8.35. The molecular formula is C22H16FN5O. The van der Waals surface area contributed by atoms with Crippen LogP contribution >= 0.6 is 0 Å². The number of aromatic nitrogens is 4. The molecule has 0 atom stereocenters. The Morgan fingerprint density at radius 2 is 1.69 bits per heavy atom. The van der Waals surface area contributed by atoms with E-state index in [1.807, 2.05) is 18.2 Å². The second-order valence-electron chi connectivity index (χ2n) is 6.27. The third-order valence-corrected chi connectivity index (χ3v) is 4.31. The van der Waals surface area contributed by atoms with Crippen LogP contribution in [0.15, 0.2) is 79.5 Å². The molecule has 0 aliphatic heterocycles. The molecule has 0 spiro atoms. The lowest BCUT2D eigenvalue weighted by molar-refractivity contribution is 0.0951. The van der Waals surface area contributed by atoms with Crippen LogP contribution in [0.5, 0.6) is 0 Å². The lowest BCUT2D eigenvalue weighted by Crippen LogP contribution is -2.22. The predicted molar refractivity (Wildman–Crippen MR) is 106 cm³/mol.